The van der Waals surface area contributed by atoms with E-state index in [-0.39, 0.29) is 5.92 Å². The summed E-state index contributed by atoms with van der Waals surface area (Å²) in [7, 11) is 0. The smallest absolute Gasteiger partial charge is 0.307 e. The topological polar surface area (TPSA) is 53.4 Å². The number of likely N-dealkylation sites (tertiary alicyclic amines) is 1. The van der Waals surface area contributed by atoms with Crippen LogP contribution in [0.15, 0.2) is 34.9 Å². The van der Waals surface area contributed by atoms with E-state index in [4.69, 9.17) is 0 Å². The molecule has 1 aliphatic rings. The second kappa shape index (κ2) is 7.11. The molecule has 2 unspecified atom stereocenters. The quantitative estimate of drug-likeness (QED) is 0.841. The number of piperidine rings is 1. The molecule has 3 rings (SSSR count). The summed E-state index contributed by atoms with van der Waals surface area (Å²) in [6.07, 6.45) is 3.63. The van der Waals surface area contributed by atoms with Gasteiger partial charge in [0.25, 0.3) is 0 Å². The normalized spacial score (nSPS) is 22.2. The third-order valence-electron chi connectivity index (χ3n) is 4.36. The molecule has 0 amide bonds. The molecule has 1 fully saturated rings. The third kappa shape index (κ3) is 4.00. The second-order valence-corrected chi connectivity index (χ2v) is 8.06. The van der Waals surface area contributed by atoms with Crippen molar-refractivity contribution in [2.75, 3.05) is 6.54 Å². The zero-order valence-corrected chi connectivity index (χ0v) is 15.3. The van der Waals surface area contributed by atoms with Gasteiger partial charge in [0.05, 0.1) is 5.92 Å². The summed E-state index contributed by atoms with van der Waals surface area (Å²) < 4.78 is 1.06. The predicted octanol–water partition coefficient (Wildman–Crippen LogP) is 4.26. The Morgan fingerprint density at radius 2 is 2.13 bits per heavy atom. The van der Waals surface area contributed by atoms with Crippen LogP contribution in [0.25, 0.3) is 10.6 Å². The summed E-state index contributed by atoms with van der Waals surface area (Å²) >= 11 is 5.12. The molecule has 2 heterocycles. The molecule has 6 heteroatoms. The number of aromatic nitrogens is 1. The van der Waals surface area contributed by atoms with Gasteiger partial charge in [-0.1, -0.05) is 28.1 Å². The second-order valence-electron chi connectivity index (χ2n) is 6.03. The van der Waals surface area contributed by atoms with E-state index in [1.807, 2.05) is 18.3 Å². The molecule has 4 nitrogen and oxygen atoms in total. The number of carboxylic acid groups (broad SMARTS) is 1. The first kappa shape index (κ1) is 16.6. The molecule has 1 saturated heterocycles. The maximum Gasteiger partial charge on any atom is 0.307 e. The van der Waals surface area contributed by atoms with Crippen molar-refractivity contribution in [3.63, 3.8) is 0 Å². The van der Waals surface area contributed by atoms with Crippen LogP contribution < -0.4 is 0 Å². The molecule has 1 N–H and O–H groups in total. The fourth-order valence-electron chi connectivity index (χ4n) is 2.91. The molecule has 0 aliphatic carbocycles. The highest BCUT2D eigenvalue weighted by molar-refractivity contribution is 9.10. The average Bonchev–Trinajstić information content (AvgIpc) is 2.98. The summed E-state index contributed by atoms with van der Waals surface area (Å²) in [5.74, 6) is -0.924. The van der Waals surface area contributed by atoms with Gasteiger partial charge in [0.1, 0.15) is 5.01 Å². The van der Waals surface area contributed by atoms with E-state index in [0.717, 1.165) is 34.4 Å². The van der Waals surface area contributed by atoms with E-state index in [0.29, 0.717) is 12.6 Å². The number of aliphatic carboxylic acids is 1. The fraction of sp³-hybridized carbons (Fsp3) is 0.412. The number of rotatable bonds is 4. The summed E-state index contributed by atoms with van der Waals surface area (Å²) in [6.45, 7) is 3.58. The van der Waals surface area contributed by atoms with Crippen molar-refractivity contribution in [3.05, 3.63) is 39.8 Å². The van der Waals surface area contributed by atoms with Crippen LogP contribution in [0, 0.1) is 5.92 Å². The summed E-state index contributed by atoms with van der Waals surface area (Å²) in [5, 5.41) is 10.2. The Balaban J connectivity index is 1.70. The first-order chi connectivity index (χ1) is 11.0. The highest BCUT2D eigenvalue weighted by Gasteiger charge is 2.29. The minimum atomic E-state index is -0.679. The minimum absolute atomic E-state index is 0.245. The standard InChI is InChI=1S/C17H19BrN2O2S/c1-11-2-3-13(17(21)22)9-20(11)10-15-8-19-16(23-15)12-4-6-14(18)7-5-12/h4-8,11,13H,2-3,9-10H2,1H3,(H,21,22). The van der Waals surface area contributed by atoms with Crippen LogP contribution in [-0.4, -0.2) is 33.5 Å². The third-order valence-corrected chi connectivity index (χ3v) is 5.92. The molecule has 0 saturated carbocycles. The number of halogens is 1. The SMILES string of the molecule is CC1CCC(C(=O)O)CN1Cc1cnc(-c2ccc(Br)cc2)s1. The Morgan fingerprint density at radius 3 is 2.83 bits per heavy atom. The maximum absolute atomic E-state index is 11.2. The number of hydrogen-bond acceptors (Lipinski definition) is 4. The van der Waals surface area contributed by atoms with Crippen molar-refractivity contribution < 1.29 is 9.90 Å². The molecule has 23 heavy (non-hydrogen) atoms. The zero-order chi connectivity index (χ0) is 16.4. The van der Waals surface area contributed by atoms with Crippen molar-refractivity contribution >= 4 is 33.2 Å². The van der Waals surface area contributed by atoms with Crippen LogP contribution in [0.5, 0.6) is 0 Å². The monoisotopic (exact) mass is 394 g/mol. The van der Waals surface area contributed by atoms with Crippen LogP contribution in [0.4, 0.5) is 0 Å². The molecule has 2 atom stereocenters. The van der Waals surface area contributed by atoms with Gasteiger partial charge in [0.2, 0.25) is 0 Å². The lowest BCUT2D eigenvalue weighted by Gasteiger charge is -2.36. The molecule has 2 aromatic rings. The van der Waals surface area contributed by atoms with Crippen molar-refractivity contribution in [3.8, 4) is 10.6 Å². The van der Waals surface area contributed by atoms with Crippen LogP contribution >= 0.6 is 27.3 Å². The van der Waals surface area contributed by atoms with Crippen LogP contribution in [-0.2, 0) is 11.3 Å². The van der Waals surface area contributed by atoms with Gasteiger partial charge >= 0.3 is 5.97 Å². The number of hydrogen-bond donors (Lipinski definition) is 1. The van der Waals surface area contributed by atoms with Gasteiger partial charge in [0.15, 0.2) is 0 Å². The Kier molecular flexibility index (Phi) is 5.14. The minimum Gasteiger partial charge on any atom is -0.481 e. The highest BCUT2D eigenvalue weighted by Crippen LogP contribution is 2.29. The van der Waals surface area contributed by atoms with E-state index in [9.17, 15) is 9.90 Å². The van der Waals surface area contributed by atoms with Gasteiger partial charge in [0, 0.05) is 40.2 Å². The Morgan fingerprint density at radius 1 is 1.39 bits per heavy atom. The number of benzene rings is 1. The van der Waals surface area contributed by atoms with Crippen LogP contribution in [0.3, 0.4) is 0 Å². The Labute approximate surface area is 148 Å². The summed E-state index contributed by atoms with van der Waals surface area (Å²) in [4.78, 5) is 19.2. The molecule has 1 aliphatic heterocycles. The first-order valence-corrected chi connectivity index (χ1v) is 9.31. The number of carboxylic acids is 1. The van der Waals surface area contributed by atoms with Gasteiger partial charge in [-0.2, -0.15) is 0 Å². The maximum atomic E-state index is 11.2. The van der Waals surface area contributed by atoms with Gasteiger partial charge in [-0.25, -0.2) is 4.98 Å². The summed E-state index contributed by atoms with van der Waals surface area (Å²) in [5.41, 5.74) is 1.11. The zero-order valence-electron chi connectivity index (χ0n) is 12.9. The van der Waals surface area contributed by atoms with Gasteiger partial charge < -0.3 is 5.11 Å². The molecular formula is C17H19BrN2O2S. The molecule has 1 aromatic heterocycles. The predicted molar refractivity (Wildman–Crippen MR) is 95.5 cm³/mol. The molecule has 1 aromatic carbocycles. The van der Waals surface area contributed by atoms with Crippen molar-refractivity contribution in [1.29, 1.82) is 0 Å². The Bertz CT molecular complexity index is 686. The lowest BCUT2D eigenvalue weighted by molar-refractivity contribution is -0.144. The van der Waals surface area contributed by atoms with E-state index >= 15 is 0 Å². The molecule has 0 spiro atoms. The lowest BCUT2D eigenvalue weighted by atomic mass is 9.93. The largest absolute Gasteiger partial charge is 0.481 e. The van der Waals surface area contributed by atoms with E-state index in [1.54, 1.807) is 11.3 Å². The van der Waals surface area contributed by atoms with E-state index in [2.05, 4.69) is 44.9 Å². The molecule has 0 bridgehead atoms. The number of nitrogens with zero attached hydrogens (tertiary/aromatic N) is 2. The number of thiazole rings is 1. The molecule has 0 radical (unpaired) electrons. The van der Waals surface area contributed by atoms with Crippen molar-refractivity contribution in [2.24, 2.45) is 5.92 Å². The Hall–Kier alpha value is -1.24. The molecule has 122 valence electrons. The van der Waals surface area contributed by atoms with Gasteiger partial charge in [-0.3, -0.25) is 9.69 Å². The average molecular weight is 395 g/mol. The fourth-order valence-corrected chi connectivity index (χ4v) is 4.12. The lowest BCUT2D eigenvalue weighted by Crippen LogP contribution is -2.43. The molecular weight excluding hydrogens is 376 g/mol. The van der Waals surface area contributed by atoms with E-state index < -0.39 is 5.97 Å². The van der Waals surface area contributed by atoms with Gasteiger partial charge in [-0.05, 0) is 31.9 Å². The van der Waals surface area contributed by atoms with Crippen molar-refractivity contribution in [2.45, 2.75) is 32.4 Å². The van der Waals surface area contributed by atoms with Crippen molar-refractivity contribution in [1.82, 2.24) is 9.88 Å². The van der Waals surface area contributed by atoms with Crippen LogP contribution in [0.1, 0.15) is 24.6 Å². The van der Waals surface area contributed by atoms with Gasteiger partial charge in [-0.15, -0.1) is 11.3 Å². The van der Waals surface area contributed by atoms with Crippen LogP contribution in [0.2, 0.25) is 0 Å². The highest BCUT2D eigenvalue weighted by atomic mass is 79.9. The number of carbonyl (C=O) groups is 1. The van der Waals surface area contributed by atoms with E-state index in [1.165, 1.54) is 4.88 Å². The summed E-state index contributed by atoms with van der Waals surface area (Å²) in [6, 6.07) is 8.55. The first-order valence-electron chi connectivity index (χ1n) is 7.70.